The van der Waals surface area contributed by atoms with Gasteiger partial charge in [-0.05, 0) is 56.6 Å². The Hall–Kier alpha value is -1.59. The molecule has 1 aliphatic rings. The molecule has 1 aliphatic heterocycles. The highest BCUT2D eigenvalue weighted by Crippen LogP contribution is 2.10. The molecule has 1 fully saturated rings. The van der Waals surface area contributed by atoms with Crippen LogP contribution in [0.1, 0.15) is 24.8 Å². The largest absolute Gasteiger partial charge is 0.399 e. The SMILES string of the molecule is NC(=O)CN(CCCN1CCCC1)Cc1ccc(N)cc1. The lowest BCUT2D eigenvalue weighted by Crippen LogP contribution is -2.35. The molecule has 2 rings (SSSR count). The molecule has 1 aromatic rings. The van der Waals surface area contributed by atoms with Crippen LogP contribution in [0.15, 0.2) is 24.3 Å². The first-order valence-corrected chi connectivity index (χ1v) is 7.71. The van der Waals surface area contributed by atoms with Gasteiger partial charge < -0.3 is 16.4 Å². The van der Waals surface area contributed by atoms with E-state index in [1.54, 1.807) is 0 Å². The molecule has 0 spiro atoms. The highest BCUT2D eigenvalue weighted by molar-refractivity contribution is 5.75. The van der Waals surface area contributed by atoms with E-state index in [2.05, 4.69) is 9.80 Å². The summed E-state index contributed by atoms with van der Waals surface area (Å²) in [7, 11) is 0. The molecular formula is C16H26N4O. The predicted octanol–water partition coefficient (Wildman–Crippen LogP) is 1.04. The summed E-state index contributed by atoms with van der Waals surface area (Å²) in [5.74, 6) is -0.272. The number of nitrogens with two attached hydrogens (primary N) is 2. The van der Waals surface area contributed by atoms with Crippen LogP contribution < -0.4 is 11.5 Å². The maximum Gasteiger partial charge on any atom is 0.231 e. The Kier molecular flexibility index (Phi) is 6.02. The van der Waals surface area contributed by atoms with Crippen LogP contribution in [0.4, 0.5) is 5.69 Å². The molecule has 0 bridgehead atoms. The van der Waals surface area contributed by atoms with Crippen molar-refractivity contribution in [3.8, 4) is 0 Å². The lowest BCUT2D eigenvalue weighted by atomic mass is 10.2. The van der Waals surface area contributed by atoms with Crippen LogP contribution in [-0.4, -0.2) is 48.4 Å². The van der Waals surface area contributed by atoms with Gasteiger partial charge in [0, 0.05) is 18.8 Å². The first-order chi connectivity index (χ1) is 10.1. The Morgan fingerprint density at radius 2 is 1.86 bits per heavy atom. The minimum atomic E-state index is -0.272. The van der Waals surface area contributed by atoms with Gasteiger partial charge in [-0.2, -0.15) is 0 Å². The molecule has 4 N–H and O–H groups in total. The molecular weight excluding hydrogens is 264 g/mol. The molecule has 5 nitrogen and oxygen atoms in total. The van der Waals surface area contributed by atoms with Gasteiger partial charge in [-0.25, -0.2) is 0 Å². The molecule has 0 atom stereocenters. The number of carbonyl (C=O) groups excluding carboxylic acids is 1. The maximum atomic E-state index is 11.2. The zero-order valence-corrected chi connectivity index (χ0v) is 12.6. The Balaban J connectivity index is 1.81. The standard InChI is InChI=1S/C16H26N4O/c17-15-6-4-14(5-7-15)12-20(13-16(18)21)11-3-10-19-8-1-2-9-19/h4-7H,1-3,8-13,17H2,(H2,18,21). The van der Waals surface area contributed by atoms with Gasteiger partial charge in [-0.15, -0.1) is 0 Å². The van der Waals surface area contributed by atoms with Crippen molar-refractivity contribution in [2.75, 3.05) is 38.5 Å². The van der Waals surface area contributed by atoms with Gasteiger partial charge >= 0.3 is 0 Å². The summed E-state index contributed by atoms with van der Waals surface area (Å²) in [5, 5.41) is 0. The predicted molar refractivity (Wildman–Crippen MR) is 85.6 cm³/mol. The number of hydrogen-bond donors (Lipinski definition) is 2. The Morgan fingerprint density at radius 1 is 1.19 bits per heavy atom. The van der Waals surface area contributed by atoms with Gasteiger partial charge in [0.15, 0.2) is 0 Å². The Morgan fingerprint density at radius 3 is 2.48 bits per heavy atom. The topological polar surface area (TPSA) is 75.6 Å². The average molecular weight is 290 g/mol. The van der Waals surface area contributed by atoms with Crippen LogP contribution in [0, 0.1) is 0 Å². The molecule has 0 aromatic heterocycles. The number of amides is 1. The van der Waals surface area contributed by atoms with Gasteiger partial charge in [-0.1, -0.05) is 12.1 Å². The van der Waals surface area contributed by atoms with Gasteiger partial charge in [-0.3, -0.25) is 9.69 Å². The number of hydrogen-bond acceptors (Lipinski definition) is 4. The van der Waals surface area contributed by atoms with E-state index in [9.17, 15) is 4.79 Å². The summed E-state index contributed by atoms with van der Waals surface area (Å²) in [4.78, 5) is 15.8. The molecule has 1 heterocycles. The first-order valence-electron chi connectivity index (χ1n) is 7.71. The number of carbonyl (C=O) groups is 1. The van der Waals surface area contributed by atoms with E-state index in [4.69, 9.17) is 11.5 Å². The number of nitrogens with zero attached hydrogens (tertiary/aromatic N) is 2. The minimum absolute atomic E-state index is 0.272. The number of benzene rings is 1. The fourth-order valence-electron chi connectivity index (χ4n) is 2.84. The zero-order valence-electron chi connectivity index (χ0n) is 12.6. The quantitative estimate of drug-likeness (QED) is 0.702. The van der Waals surface area contributed by atoms with E-state index >= 15 is 0 Å². The van der Waals surface area contributed by atoms with E-state index in [1.807, 2.05) is 24.3 Å². The van der Waals surface area contributed by atoms with E-state index in [1.165, 1.54) is 25.9 Å². The molecule has 0 unspecified atom stereocenters. The summed E-state index contributed by atoms with van der Waals surface area (Å²) >= 11 is 0. The number of nitrogen functional groups attached to an aromatic ring is 1. The molecule has 0 radical (unpaired) electrons. The highest BCUT2D eigenvalue weighted by atomic mass is 16.1. The number of primary amides is 1. The zero-order chi connectivity index (χ0) is 15.1. The second-order valence-corrected chi connectivity index (χ2v) is 5.82. The highest BCUT2D eigenvalue weighted by Gasteiger charge is 2.13. The fourth-order valence-corrected chi connectivity index (χ4v) is 2.84. The van der Waals surface area contributed by atoms with Crippen LogP contribution in [0.2, 0.25) is 0 Å². The second-order valence-electron chi connectivity index (χ2n) is 5.82. The minimum Gasteiger partial charge on any atom is -0.399 e. The van der Waals surface area contributed by atoms with Crippen molar-refractivity contribution in [2.24, 2.45) is 5.73 Å². The summed E-state index contributed by atoms with van der Waals surface area (Å²) in [6.45, 7) is 5.48. The molecule has 1 saturated heterocycles. The van der Waals surface area contributed by atoms with E-state index in [0.717, 1.165) is 37.3 Å². The maximum absolute atomic E-state index is 11.2. The molecule has 1 aromatic carbocycles. The monoisotopic (exact) mass is 290 g/mol. The Bertz CT molecular complexity index is 440. The van der Waals surface area contributed by atoms with Crippen molar-refractivity contribution >= 4 is 11.6 Å². The third kappa shape index (κ3) is 5.73. The van der Waals surface area contributed by atoms with Crippen molar-refractivity contribution in [2.45, 2.75) is 25.8 Å². The number of anilines is 1. The van der Waals surface area contributed by atoms with E-state index in [0.29, 0.717) is 6.54 Å². The summed E-state index contributed by atoms with van der Waals surface area (Å²) < 4.78 is 0. The number of likely N-dealkylation sites (tertiary alicyclic amines) is 1. The van der Waals surface area contributed by atoms with Crippen LogP contribution in [-0.2, 0) is 11.3 Å². The van der Waals surface area contributed by atoms with Crippen LogP contribution in [0.5, 0.6) is 0 Å². The van der Waals surface area contributed by atoms with Crippen molar-refractivity contribution in [3.05, 3.63) is 29.8 Å². The molecule has 0 saturated carbocycles. The van der Waals surface area contributed by atoms with E-state index < -0.39 is 0 Å². The normalized spacial score (nSPS) is 15.7. The molecule has 1 amide bonds. The average Bonchev–Trinajstić information content (AvgIpc) is 2.94. The van der Waals surface area contributed by atoms with Gasteiger partial charge in [0.2, 0.25) is 5.91 Å². The third-order valence-electron chi connectivity index (χ3n) is 3.91. The summed E-state index contributed by atoms with van der Waals surface area (Å²) in [6, 6.07) is 7.79. The molecule has 116 valence electrons. The lowest BCUT2D eigenvalue weighted by molar-refractivity contribution is -0.119. The van der Waals surface area contributed by atoms with Crippen molar-refractivity contribution in [1.29, 1.82) is 0 Å². The third-order valence-corrected chi connectivity index (χ3v) is 3.91. The van der Waals surface area contributed by atoms with Gasteiger partial charge in [0.05, 0.1) is 6.54 Å². The van der Waals surface area contributed by atoms with Crippen LogP contribution >= 0.6 is 0 Å². The van der Waals surface area contributed by atoms with E-state index in [-0.39, 0.29) is 5.91 Å². The second kappa shape index (κ2) is 8.00. The summed E-state index contributed by atoms with van der Waals surface area (Å²) in [6.07, 6.45) is 3.70. The number of rotatable bonds is 8. The molecule has 21 heavy (non-hydrogen) atoms. The fraction of sp³-hybridized carbons (Fsp3) is 0.562. The van der Waals surface area contributed by atoms with Gasteiger partial charge in [0.1, 0.15) is 0 Å². The first kappa shape index (κ1) is 15.8. The molecule has 0 aliphatic carbocycles. The van der Waals surface area contributed by atoms with Crippen molar-refractivity contribution in [1.82, 2.24) is 9.80 Å². The van der Waals surface area contributed by atoms with Crippen molar-refractivity contribution < 1.29 is 4.79 Å². The van der Waals surface area contributed by atoms with Crippen LogP contribution in [0.3, 0.4) is 0 Å². The lowest BCUT2D eigenvalue weighted by Gasteiger charge is -2.22. The van der Waals surface area contributed by atoms with Crippen LogP contribution in [0.25, 0.3) is 0 Å². The van der Waals surface area contributed by atoms with Crippen molar-refractivity contribution in [3.63, 3.8) is 0 Å². The Labute approximate surface area is 126 Å². The smallest absolute Gasteiger partial charge is 0.231 e. The summed E-state index contributed by atoms with van der Waals surface area (Å²) in [5.41, 5.74) is 13.0. The molecule has 5 heteroatoms. The van der Waals surface area contributed by atoms with Gasteiger partial charge in [0.25, 0.3) is 0 Å².